The van der Waals surface area contributed by atoms with Crippen LogP contribution in [-0.4, -0.2) is 41.0 Å². The molecule has 0 aromatic rings. The first-order valence-electron chi connectivity index (χ1n) is 7.22. The minimum atomic E-state index is 0.161. The second kappa shape index (κ2) is 6.50. The number of ketones is 1. The smallest absolute Gasteiger partial charge is 0.149 e. The first-order chi connectivity index (χ1) is 8.33. The SMILES string of the molecule is O=C1CCCCCC1N1CCCCC1CCO. The van der Waals surface area contributed by atoms with Crippen molar-refractivity contribution in [1.82, 2.24) is 4.90 Å². The number of aliphatic hydroxyl groups excluding tert-OH is 1. The molecule has 0 radical (unpaired) electrons. The second-order valence-electron chi connectivity index (χ2n) is 5.48. The van der Waals surface area contributed by atoms with Crippen molar-refractivity contribution in [2.24, 2.45) is 0 Å². The van der Waals surface area contributed by atoms with Gasteiger partial charge in [0, 0.05) is 19.1 Å². The molecule has 0 spiro atoms. The maximum atomic E-state index is 12.2. The van der Waals surface area contributed by atoms with E-state index in [1.807, 2.05) is 0 Å². The van der Waals surface area contributed by atoms with E-state index in [9.17, 15) is 4.79 Å². The minimum absolute atomic E-state index is 0.161. The molecule has 0 bridgehead atoms. The van der Waals surface area contributed by atoms with Gasteiger partial charge >= 0.3 is 0 Å². The third kappa shape index (κ3) is 3.29. The second-order valence-corrected chi connectivity index (χ2v) is 5.48. The summed E-state index contributed by atoms with van der Waals surface area (Å²) in [6, 6.07) is 0.607. The molecular weight excluding hydrogens is 214 g/mol. The van der Waals surface area contributed by atoms with Crippen LogP contribution < -0.4 is 0 Å². The molecule has 2 rings (SSSR count). The number of hydrogen-bond donors (Lipinski definition) is 1. The van der Waals surface area contributed by atoms with Gasteiger partial charge in [-0.3, -0.25) is 9.69 Å². The van der Waals surface area contributed by atoms with Crippen LogP contribution in [0.15, 0.2) is 0 Å². The summed E-state index contributed by atoms with van der Waals surface area (Å²) in [6.45, 7) is 1.31. The van der Waals surface area contributed by atoms with Crippen LogP contribution in [-0.2, 0) is 4.79 Å². The molecule has 1 heterocycles. The van der Waals surface area contributed by atoms with Gasteiger partial charge in [0.2, 0.25) is 0 Å². The molecule has 2 atom stereocenters. The third-order valence-corrected chi connectivity index (χ3v) is 4.31. The molecule has 0 aromatic carbocycles. The summed E-state index contributed by atoms with van der Waals surface area (Å²) in [5.41, 5.74) is 0. The average Bonchev–Trinajstić information content (AvgIpc) is 2.55. The molecule has 1 saturated heterocycles. The van der Waals surface area contributed by atoms with Gasteiger partial charge in [0.25, 0.3) is 0 Å². The molecular formula is C14H25NO2. The van der Waals surface area contributed by atoms with E-state index in [0.29, 0.717) is 11.8 Å². The molecule has 98 valence electrons. The van der Waals surface area contributed by atoms with Crippen LogP contribution in [0.25, 0.3) is 0 Å². The van der Waals surface area contributed by atoms with E-state index in [2.05, 4.69) is 4.90 Å². The van der Waals surface area contributed by atoms with Gasteiger partial charge in [-0.2, -0.15) is 0 Å². The molecule has 1 aliphatic carbocycles. The van der Waals surface area contributed by atoms with Crippen molar-refractivity contribution in [3.63, 3.8) is 0 Å². The molecule has 17 heavy (non-hydrogen) atoms. The Morgan fingerprint density at radius 2 is 1.94 bits per heavy atom. The summed E-state index contributed by atoms with van der Waals surface area (Å²) in [6.07, 6.45) is 9.75. The standard InChI is InChI=1S/C14H25NO2/c16-11-9-12-6-4-5-10-15(12)13-7-2-1-3-8-14(13)17/h12-13,16H,1-11H2. The number of likely N-dealkylation sites (tertiary alicyclic amines) is 1. The van der Waals surface area contributed by atoms with Gasteiger partial charge in [0.15, 0.2) is 0 Å². The van der Waals surface area contributed by atoms with Crippen molar-refractivity contribution in [3.8, 4) is 0 Å². The van der Waals surface area contributed by atoms with E-state index in [4.69, 9.17) is 5.11 Å². The molecule has 3 nitrogen and oxygen atoms in total. The number of aliphatic hydroxyl groups is 1. The van der Waals surface area contributed by atoms with Gasteiger partial charge in [0.1, 0.15) is 5.78 Å². The zero-order chi connectivity index (χ0) is 12.1. The van der Waals surface area contributed by atoms with Crippen molar-refractivity contribution in [1.29, 1.82) is 0 Å². The number of rotatable bonds is 3. The Balaban J connectivity index is 2.02. The van der Waals surface area contributed by atoms with Gasteiger partial charge < -0.3 is 5.11 Å². The molecule has 0 aromatic heterocycles. The molecule has 2 fully saturated rings. The van der Waals surface area contributed by atoms with E-state index in [0.717, 1.165) is 38.6 Å². The average molecular weight is 239 g/mol. The minimum Gasteiger partial charge on any atom is -0.396 e. The third-order valence-electron chi connectivity index (χ3n) is 4.31. The molecule has 1 saturated carbocycles. The van der Waals surface area contributed by atoms with Crippen LogP contribution in [0.5, 0.6) is 0 Å². The van der Waals surface area contributed by atoms with Crippen LogP contribution >= 0.6 is 0 Å². The zero-order valence-corrected chi connectivity index (χ0v) is 10.7. The maximum absolute atomic E-state index is 12.2. The number of piperidine rings is 1. The highest BCUT2D eigenvalue weighted by atomic mass is 16.3. The lowest BCUT2D eigenvalue weighted by atomic mass is 9.94. The lowest BCUT2D eigenvalue weighted by Crippen LogP contribution is -2.49. The van der Waals surface area contributed by atoms with Crippen molar-refractivity contribution in [2.45, 2.75) is 69.9 Å². The number of nitrogens with zero attached hydrogens (tertiary/aromatic N) is 1. The number of hydrogen-bond acceptors (Lipinski definition) is 3. The Labute approximate surface area is 104 Å². The number of carbonyl (C=O) groups is 1. The highest BCUT2D eigenvalue weighted by Crippen LogP contribution is 2.27. The summed E-state index contributed by atoms with van der Waals surface area (Å²) in [5, 5.41) is 9.14. The fraction of sp³-hybridized carbons (Fsp3) is 0.929. The fourth-order valence-electron chi connectivity index (χ4n) is 3.38. The van der Waals surface area contributed by atoms with Crippen LogP contribution in [0.1, 0.15) is 57.8 Å². The van der Waals surface area contributed by atoms with Gasteiger partial charge in [-0.1, -0.05) is 19.3 Å². The first kappa shape index (κ1) is 13.0. The molecule has 2 aliphatic rings. The zero-order valence-electron chi connectivity index (χ0n) is 10.7. The highest BCUT2D eigenvalue weighted by molar-refractivity contribution is 5.84. The summed E-state index contributed by atoms with van der Waals surface area (Å²) in [5.74, 6) is 0.451. The van der Waals surface area contributed by atoms with Gasteiger partial charge in [-0.25, -0.2) is 0 Å². The monoisotopic (exact) mass is 239 g/mol. The van der Waals surface area contributed by atoms with Crippen LogP contribution in [0.4, 0.5) is 0 Å². The summed E-state index contributed by atoms with van der Waals surface area (Å²) < 4.78 is 0. The Hall–Kier alpha value is -0.410. The van der Waals surface area contributed by atoms with Crippen LogP contribution in [0, 0.1) is 0 Å². The molecule has 1 N–H and O–H groups in total. The normalized spacial score (nSPS) is 32.4. The fourth-order valence-corrected chi connectivity index (χ4v) is 3.38. The molecule has 2 unspecified atom stereocenters. The van der Waals surface area contributed by atoms with Crippen molar-refractivity contribution in [2.75, 3.05) is 13.2 Å². The van der Waals surface area contributed by atoms with Crippen molar-refractivity contribution in [3.05, 3.63) is 0 Å². The first-order valence-corrected chi connectivity index (χ1v) is 7.22. The Kier molecular flexibility index (Phi) is 4.99. The number of carbonyl (C=O) groups excluding carboxylic acids is 1. The Bertz CT molecular complexity index is 253. The number of Topliss-reactive ketones (excluding diaryl/α,β-unsaturated/α-hetero) is 1. The largest absolute Gasteiger partial charge is 0.396 e. The van der Waals surface area contributed by atoms with E-state index < -0.39 is 0 Å². The lowest BCUT2D eigenvalue weighted by molar-refractivity contribution is -0.126. The summed E-state index contributed by atoms with van der Waals surface area (Å²) >= 11 is 0. The molecule has 3 heteroatoms. The van der Waals surface area contributed by atoms with Crippen molar-refractivity contribution >= 4 is 5.78 Å². The summed E-state index contributed by atoms with van der Waals surface area (Å²) in [4.78, 5) is 14.6. The van der Waals surface area contributed by atoms with Crippen molar-refractivity contribution < 1.29 is 9.90 Å². The van der Waals surface area contributed by atoms with E-state index >= 15 is 0 Å². The van der Waals surface area contributed by atoms with Gasteiger partial charge in [-0.15, -0.1) is 0 Å². The maximum Gasteiger partial charge on any atom is 0.149 e. The Morgan fingerprint density at radius 3 is 2.76 bits per heavy atom. The predicted molar refractivity (Wildman–Crippen MR) is 67.9 cm³/mol. The summed E-state index contributed by atoms with van der Waals surface area (Å²) in [7, 11) is 0. The van der Waals surface area contributed by atoms with Crippen LogP contribution in [0.2, 0.25) is 0 Å². The quantitative estimate of drug-likeness (QED) is 0.767. The van der Waals surface area contributed by atoms with Crippen LogP contribution in [0.3, 0.4) is 0 Å². The molecule has 0 amide bonds. The van der Waals surface area contributed by atoms with E-state index in [1.165, 1.54) is 25.7 Å². The van der Waals surface area contributed by atoms with Gasteiger partial charge in [0.05, 0.1) is 6.04 Å². The lowest BCUT2D eigenvalue weighted by Gasteiger charge is -2.40. The highest BCUT2D eigenvalue weighted by Gasteiger charge is 2.32. The van der Waals surface area contributed by atoms with E-state index in [-0.39, 0.29) is 12.6 Å². The van der Waals surface area contributed by atoms with Gasteiger partial charge in [-0.05, 0) is 38.6 Å². The Morgan fingerprint density at radius 1 is 1.12 bits per heavy atom. The molecule has 1 aliphatic heterocycles. The predicted octanol–water partition coefficient (Wildman–Crippen LogP) is 2.13. The van der Waals surface area contributed by atoms with E-state index in [1.54, 1.807) is 0 Å². The topological polar surface area (TPSA) is 40.5 Å².